The van der Waals surface area contributed by atoms with Crippen molar-refractivity contribution in [1.29, 1.82) is 5.26 Å². The third-order valence-electron chi connectivity index (χ3n) is 3.26. The topological polar surface area (TPSA) is 83.7 Å². The van der Waals surface area contributed by atoms with E-state index >= 15 is 0 Å². The SMILES string of the molecule is COc1cc(/C=N\NC(=O)CC#N)cc(Br)c1OCc1ccc(Cl)c(Cl)c1. The standard InChI is InChI=1S/C18H14BrCl2N3O3/c1-26-16-8-12(9-23-24-17(25)4-5-22)6-13(19)18(16)27-10-11-2-3-14(20)15(21)7-11/h2-3,6-9H,4,10H2,1H3,(H,24,25)/b23-9-. The van der Waals surface area contributed by atoms with Crippen LogP contribution in [0.4, 0.5) is 0 Å². The Labute approximate surface area is 174 Å². The molecule has 0 heterocycles. The lowest BCUT2D eigenvalue weighted by molar-refractivity contribution is -0.120. The molecule has 9 heteroatoms. The molecule has 0 aromatic heterocycles. The Kier molecular flexibility index (Phi) is 7.92. The van der Waals surface area contributed by atoms with Gasteiger partial charge in [0, 0.05) is 0 Å². The van der Waals surface area contributed by atoms with Crippen molar-refractivity contribution in [2.24, 2.45) is 5.10 Å². The smallest absolute Gasteiger partial charge is 0.254 e. The summed E-state index contributed by atoms with van der Waals surface area (Å²) in [6.07, 6.45) is 1.18. The minimum absolute atomic E-state index is 0.258. The van der Waals surface area contributed by atoms with Gasteiger partial charge in [-0.3, -0.25) is 4.79 Å². The highest BCUT2D eigenvalue weighted by Crippen LogP contribution is 2.37. The van der Waals surface area contributed by atoms with Crippen LogP contribution in [0, 0.1) is 11.3 Å². The Bertz CT molecular complexity index is 913. The largest absolute Gasteiger partial charge is 0.493 e. The molecule has 0 saturated heterocycles. The second kappa shape index (κ2) is 10.2. The minimum atomic E-state index is -0.485. The van der Waals surface area contributed by atoms with Gasteiger partial charge in [-0.1, -0.05) is 29.3 Å². The first-order chi connectivity index (χ1) is 12.9. The molecule has 0 bridgehead atoms. The summed E-state index contributed by atoms with van der Waals surface area (Å²) in [5.41, 5.74) is 3.77. The molecular formula is C18H14BrCl2N3O3. The molecule has 0 aliphatic carbocycles. The quantitative estimate of drug-likeness (QED) is 0.469. The molecular weight excluding hydrogens is 457 g/mol. The van der Waals surface area contributed by atoms with Gasteiger partial charge in [0.15, 0.2) is 11.5 Å². The highest BCUT2D eigenvalue weighted by atomic mass is 79.9. The molecule has 0 fully saturated rings. The lowest BCUT2D eigenvalue weighted by atomic mass is 10.2. The van der Waals surface area contributed by atoms with E-state index in [4.69, 9.17) is 37.9 Å². The molecule has 0 aliphatic rings. The highest BCUT2D eigenvalue weighted by molar-refractivity contribution is 9.10. The monoisotopic (exact) mass is 469 g/mol. The first-order valence-corrected chi connectivity index (χ1v) is 9.12. The maximum Gasteiger partial charge on any atom is 0.254 e. The fourth-order valence-corrected chi connectivity index (χ4v) is 2.92. The van der Waals surface area contributed by atoms with Crippen LogP contribution in [0.15, 0.2) is 39.9 Å². The van der Waals surface area contributed by atoms with Crippen LogP contribution in [-0.2, 0) is 11.4 Å². The number of hydrogen-bond acceptors (Lipinski definition) is 5. The van der Waals surface area contributed by atoms with Crippen molar-refractivity contribution in [1.82, 2.24) is 5.43 Å². The van der Waals surface area contributed by atoms with Gasteiger partial charge in [-0.2, -0.15) is 10.4 Å². The summed E-state index contributed by atoms with van der Waals surface area (Å²) in [6, 6.07) is 10.5. The van der Waals surface area contributed by atoms with Gasteiger partial charge >= 0.3 is 0 Å². The first kappa shape index (κ1) is 21.0. The molecule has 0 aliphatic heterocycles. The molecule has 1 N–H and O–H groups in total. The van der Waals surface area contributed by atoms with Crippen molar-refractivity contribution in [2.45, 2.75) is 13.0 Å². The lowest BCUT2D eigenvalue weighted by Crippen LogP contribution is -2.16. The highest BCUT2D eigenvalue weighted by Gasteiger charge is 2.12. The zero-order chi connectivity index (χ0) is 19.8. The Morgan fingerprint density at radius 2 is 2.11 bits per heavy atom. The van der Waals surface area contributed by atoms with Crippen LogP contribution >= 0.6 is 39.1 Å². The van der Waals surface area contributed by atoms with E-state index in [0.717, 1.165) is 5.56 Å². The molecule has 6 nitrogen and oxygen atoms in total. The predicted molar refractivity (Wildman–Crippen MR) is 107 cm³/mol. The summed E-state index contributed by atoms with van der Waals surface area (Å²) < 4.78 is 11.9. The normalized spacial score (nSPS) is 10.5. The van der Waals surface area contributed by atoms with Gasteiger partial charge in [0.25, 0.3) is 5.91 Å². The number of nitriles is 1. The molecule has 2 aromatic rings. The second-order valence-electron chi connectivity index (χ2n) is 5.20. The van der Waals surface area contributed by atoms with E-state index in [1.165, 1.54) is 13.3 Å². The van der Waals surface area contributed by atoms with Crippen molar-refractivity contribution in [2.75, 3.05) is 7.11 Å². The van der Waals surface area contributed by atoms with Crippen molar-refractivity contribution < 1.29 is 14.3 Å². The van der Waals surface area contributed by atoms with E-state index in [1.807, 2.05) is 6.07 Å². The molecule has 27 heavy (non-hydrogen) atoms. The fourth-order valence-electron chi connectivity index (χ4n) is 2.03. The van der Waals surface area contributed by atoms with Gasteiger partial charge in [-0.15, -0.1) is 0 Å². The van der Waals surface area contributed by atoms with Gasteiger partial charge in [-0.05, 0) is 51.3 Å². The average molecular weight is 471 g/mol. The number of hydrazone groups is 1. The Morgan fingerprint density at radius 3 is 2.78 bits per heavy atom. The lowest BCUT2D eigenvalue weighted by Gasteiger charge is -2.14. The molecule has 0 atom stereocenters. The number of carbonyl (C=O) groups is 1. The van der Waals surface area contributed by atoms with Crippen molar-refractivity contribution in [3.63, 3.8) is 0 Å². The number of benzene rings is 2. The number of rotatable bonds is 7. The number of halogens is 3. The van der Waals surface area contributed by atoms with Crippen molar-refractivity contribution in [3.8, 4) is 17.6 Å². The maximum absolute atomic E-state index is 11.2. The number of ether oxygens (including phenoxy) is 2. The van der Waals surface area contributed by atoms with E-state index in [1.54, 1.807) is 30.3 Å². The summed E-state index contributed by atoms with van der Waals surface area (Å²) in [5, 5.41) is 13.2. The second-order valence-corrected chi connectivity index (χ2v) is 6.87. The number of nitrogens with zero attached hydrogens (tertiary/aromatic N) is 2. The first-order valence-electron chi connectivity index (χ1n) is 7.57. The van der Waals surface area contributed by atoms with Crippen molar-refractivity contribution in [3.05, 3.63) is 56.0 Å². The van der Waals surface area contributed by atoms with Crippen LogP contribution in [0.5, 0.6) is 11.5 Å². The summed E-state index contributed by atoms with van der Waals surface area (Å²) in [7, 11) is 1.52. The average Bonchev–Trinajstić information content (AvgIpc) is 2.63. The maximum atomic E-state index is 11.2. The van der Waals surface area contributed by atoms with Crippen LogP contribution in [0.1, 0.15) is 17.5 Å². The van der Waals surface area contributed by atoms with Gasteiger partial charge in [0.1, 0.15) is 13.0 Å². The van der Waals surface area contributed by atoms with E-state index in [9.17, 15) is 4.79 Å². The zero-order valence-corrected chi connectivity index (χ0v) is 17.2. The molecule has 0 radical (unpaired) electrons. The third kappa shape index (κ3) is 6.14. The van der Waals surface area contributed by atoms with Crippen molar-refractivity contribution >= 4 is 51.3 Å². The Hall–Kier alpha value is -2.27. The van der Waals surface area contributed by atoms with Crippen LogP contribution < -0.4 is 14.9 Å². The van der Waals surface area contributed by atoms with Crippen LogP contribution in [0.3, 0.4) is 0 Å². The van der Waals surface area contributed by atoms with E-state index in [2.05, 4.69) is 26.5 Å². The third-order valence-corrected chi connectivity index (χ3v) is 4.59. The van der Waals surface area contributed by atoms with E-state index in [0.29, 0.717) is 31.6 Å². The molecule has 140 valence electrons. The summed E-state index contributed by atoms with van der Waals surface area (Å²) in [4.78, 5) is 11.2. The Morgan fingerprint density at radius 1 is 1.33 bits per heavy atom. The number of carbonyl (C=O) groups excluding carboxylic acids is 1. The number of amides is 1. The molecule has 0 spiro atoms. The van der Waals surface area contributed by atoms with Gasteiger partial charge in [-0.25, -0.2) is 5.43 Å². The number of nitrogens with one attached hydrogen (secondary N) is 1. The van der Waals surface area contributed by atoms with Crippen LogP contribution in [-0.4, -0.2) is 19.2 Å². The van der Waals surface area contributed by atoms with Crippen LogP contribution in [0.25, 0.3) is 0 Å². The molecule has 2 rings (SSSR count). The van der Waals surface area contributed by atoms with Gasteiger partial charge in [0.2, 0.25) is 0 Å². The summed E-state index contributed by atoms with van der Waals surface area (Å²) in [5.74, 6) is 0.504. The van der Waals surface area contributed by atoms with E-state index in [-0.39, 0.29) is 13.0 Å². The van der Waals surface area contributed by atoms with Gasteiger partial charge in [0.05, 0.1) is 33.9 Å². The summed E-state index contributed by atoms with van der Waals surface area (Å²) in [6.45, 7) is 0.267. The zero-order valence-electron chi connectivity index (χ0n) is 14.1. The number of hydrogen-bond donors (Lipinski definition) is 1. The fraction of sp³-hybridized carbons (Fsp3) is 0.167. The minimum Gasteiger partial charge on any atom is -0.493 e. The molecule has 2 aromatic carbocycles. The number of methoxy groups -OCH3 is 1. The molecule has 0 unspecified atom stereocenters. The summed E-state index contributed by atoms with van der Waals surface area (Å²) >= 11 is 15.4. The molecule has 0 saturated carbocycles. The predicted octanol–water partition coefficient (Wildman–Crippen LogP) is 4.71. The Balaban J connectivity index is 2.13. The van der Waals surface area contributed by atoms with Gasteiger partial charge < -0.3 is 9.47 Å². The van der Waals surface area contributed by atoms with Crippen LogP contribution in [0.2, 0.25) is 10.0 Å². The molecule has 1 amide bonds. The van der Waals surface area contributed by atoms with E-state index < -0.39 is 5.91 Å².